The number of fused-ring (bicyclic) bond motifs is 1. The van der Waals surface area contributed by atoms with Crippen molar-refractivity contribution < 1.29 is 0 Å². The van der Waals surface area contributed by atoms with Gasteiger partial charge in [-0.15, -0.1) is 11.3 Å². The zero-order valence-electron chi connectivity index (χ0n) is 7.42. The van der Waals surface area contributed by atoms with Crippen LogP contribution in [-0.4, -0.2) is 0 Å². The first-order valence-corrected chi connectivity index (χ1v) is 5.01. The summed E-state index contributed by atoms with van der Waals surface area (Å²) in [6.45, 7) is 4.33. The van der Waals surface area contributed by atoms with Gasteiger partial charge in [0.2, 0.25) is 0 Å². The quantitative estimate of drug-likeness (QED) is 0.567. The maximum absolute atomic E-state index is 2.29. The molecule has 12 heavy (non-hydrogen) atoms. The van der Waals surface area contributed by atoms with Gasteiger partial charge in [-0.25, -0.2) is 0 Å². The molecule has 0 fully saturated rings. The van der Waals surface area contributed by atoms with Crippen molar-refractivity contribution in [2.24, 2.45) is 0 Å². The lowest BCUT2D eigenvalue weighted by molar-refractivity contribution is 1.29. The first-order chi connectivity index (χ1) is 5.75. The number of allylic oxidation sites excluding steroid dienone is 3. The van der Waals surface area contributed by atoms with Gasteiger partial charge in [0.25, 0.3) is 0 Å². The Labute approximate surface area is 77.2 Å². The van der Waals surface area contributed by atoms with Crippen LogP contribution in [0.25, 0.3) is 6.08 Å². The molecule has 62 valence electrons. The maximum atomic E-state index is 2.29. The van der Waals surface area contributed by atoms with Gasteiger partial charge in [0.05, 0.1) is 0 Å². The molecule has 0 unspecified atom stereocenters. The van der Waals surface area contributed by atoms with Crippen LogP contribution < -0.4 is 0 Å². The van der Waals surface area contributed by atoms with Crippen molar-refractivity contribution in [3.05, 3.63) is 39.1 Å². The third-order valence-electron chi connectivity index (χ3n) is 2.04. The summed E-state index contributed by atoms with van der Waals surface area (Å²) >= 11 is 1.89. The summed E-state index contributed by atoms with van der Waals surface area (Å²) < 4.78 is 0. The molecule has 0 saturated carbocycles. The standard InChI is InChI=1S/C11H12S/c1-8-4-3-5-10-7-9(2)12-11(10)6-8/h3-4,6-7H,5H2,1-2H3. The smallest absolute Gasteiger partial charge is 0.0310 e. The van der Waals surface area contributed by atoms with E-state index in [1.165, 1.54) is 20.9 Å². The number of aryl methyl sites for hydroxylation is 1. The van der Waals surface area contributed by atoms with E-state index in [-0.39, 0.29) is 0 Å². The highest BCUT2D eigenvalue weighted by Gasteiger charge is 2.05. The molecule has 0 N–H and O–H groups in total. The average Bonchev–Trinajstić information content (AvgIpc) is 2.23. The Morgan fingerprint density at radius 3 is 3.00 bits per heavy atom. The zero-order chi connectivity index (χ0) is 8.55. The van der Waals surface area contributed by atoms with E-state index in [4.69, 9.17) is 0 Å². The van der Waals surface area contributed by atoms with E-state index in [1.807, 2.05) is 11.3 Å². The maximum Gasteiger partial charge on any atom is 0.0310 e. The van der Waals surface area contributed by atoms with Crippen molar-refractivity contribution >= 4 is 17.4 Å². The van der Waals surface area contributed by atoms with E-state index in [9.17, 15) is 0 Å². The highest BCUT2D eigenvalue weighted by Crippen LogP contribution is 2.27. The Morgan fingerprint density at radius 2 is 2.17 bits per heavy atom. The molecule has 0 saturated heterocycles. The van der Waals surface area contributed by atoms with Gasteiger partial charge in [0.15, 0.2) is 0 Å². The third kappa shape index (κ3) is 1.37. The molecule has 0 nitrogen and oxygen atoms in total. The lowest BCUT2D eigenvalue weighted by atomic mass is 10.2. The SMILES string of the molecule is CC1=Cc2sc(C)cc2CC=C1. The summed E-state index contributed by atoms with van der Waals surface area (Å²) in [5, 5.41) is 0. The van der Waals surface area contributed by atoms with Crippen molar-refractivity contribution in [1.29, 1.82) is 0 Å². The van der Waals surface area contributed by atoms with Crippen LogP contribution in [0.5, 0.6) is 0 Å². The predicted molar refractivity (Wildman–Crippen MR) is 55.6 cm³/mol. The molecule has 0 radical (unpaired) electrons. The lowest BCUT2D eigenvalue weighted by Gasteiger charge is -1.90. The summed E-state index contributed by atoms with van der Waals surface area (Å²) in [4.78, 5) is 2.86. The van der Waals surface area contributed by atoms with E-state index >= 15 is 0 Å². The normalized spacial score (nSPS) is 15.3. The molecule has 1 heterocycles. The molecule has 1 aliphatic carbocycles. The molecule has 0 amide bonds. The van der Waals surface area contributed by atoms with Gasteiger partial charge in [0, 0.05) is 9.75 Å². The highest BCUT2D eigenvalue weighted by molar-refractivity contribution is 7.13. The molecule has 2 rings (SSSR count). The second-order valence-electron chi connectivity index (χ2n) is 3.24. The molecule has 0 aromatic carbocycles. The average molecular weight is 176 g/mol. The van der Waals surface area contributed by atoms with E-state index in [1.54, 1.807) is 0 Å². The van der Waals surface area contributed by atoms with Gasteiger partial charge in [-0.1, -0.05) is 17.7 Å². The van der Waals surface area contributed by atoms with E-state index in [0.717, 1.165) is 6.42 Å². The zero-order valence-corrected chi connectivity index (χ0v) is 8.24. The van der Waals surface area contributed by atoms with Crippen LogP contribution in [0.3, 0.4) is 0 Å². The molecule has 0 atom stereocenters. The van der Waals surface area contributed by atoms with Crippen LogP contribution in [0, 0.1) is 6.92 Å². The summed E-state index contributed by atoms with van der Waals surface area (Å²) in [6, 6.07) is 2.29. The second-order valence-corrected chi connectivity index (χ2v) is 4.53. The Balaban J connectivity index is 2.52. The Kier molecular flexibility index (Phi) is 1.89. The minimum Gasteiger partial charge on any atom is -0.141 e. The van der Waals surface area contributed by atoms with Gasteiger partial charge in [-0.05, 0) is 38.0 Å². The largest absolute Gasteiger partial charge is 0.141 e. The lowest BCUT2D eigenvalue weighted by Crippen LogP contribution is -1.75. The number of rotatable bonds is 0. The molecule has 0 bridgehead atoms. The van der Waals surface area contributed by atoms with Crippen LogP contribution in [0.1, 0.15) is 22.2 Å². The molecule has 1 aliphatic rings. The molecule has 0 spiro atoms. The van der Waals surface area contributed by atoms with Gasteiger partial charge in [-0.2, -0.15) is 0 Å². The second kappa shape index (κ2) is 2.91. The van der Waals surface area contributed by atoms with Crippen molar-refractivity contribution in [3.8, 4) is 0 Å². The van der Waals surface area contributed by atoms with Crippen LogP contribution in [-0.2, 0) is 6.42 Å². The molecule has 0 aliphatic heterocycles. The summed E-state index contributed by atoms with van der Waals surface area (Å²) in [7, 11) is 0. The summed E-state index contributed by atoms with van der Waals surface area (Å²) in [5.41, 5.74) is 2.83. The predicted octanol–water partition coefficient (Wildman–Crippen LogP) is 3.57. The molecule has 1 aromatic rings. The van der Waals surface area contributed by atoms with Gasteiger partial charge < -0.3 is 0 Å². The van der Waals surface area contributed by atoms with Crippen LogP contribution in [0.4, 0.5) is 0 Å². The topological polar surface area (TPSA) is 0 Å². The fourth-order valence-corrected chi connectivity index (χ4v) is 2.56. The van der Waals surface area contributed by atoms with Crippen molar-refractivity contribution in [1.82, 2.24) is 0 Å². The fraction of sp³-hybridized carbons (Fsp3) is 0.273. The Morgan fingerprint density at radius 1 is 1.33 bits per heavy atom. The van der Waals surface area contributed by atoms with E-state index in [2.05, 4.69) is 38.1 Å². The Bertz CT molecular complexity index is 353. The highest BCUT2D eigenvalue weighted by atomic mass is 32.1. The number of hydrogen-bond donors (Lipinski definition) is 0. The van der Waals surface area contributed by atoms with Gasteiger partial charge in [0.1, 0.15) is 0 Å². The van der Waals surface area contributed by atoms with Gasteiger partial charge in [-0.3, -0.25) is 0 Å². The minimum absolute atomic E-state index is 1.09. The van der Waals surface area contributed by atoms with Crippen molar-refractivity contribution in [2.75, 3.05) is 0 Å². The minimum atomic E-state index is 1.09. The molecule has 1 heteroatoms. The number of hydrogen-bond acceptors (Lipinski definition) is 1. The number of thiophene rings is 1. The van der Waals surface area contributed by atoms with Crippen molar-refractivity contribution in [2.45, 2.75) is 20.3 Å². The summed E-state index contributed by atoms with van der Waals surface area (Å²) in [5.74, 6) is 0. The Hall–Kier alpha value is -0.820. The fourth-order valence-electron chi connectivity index (χ4n) is 1.49. The molecular weight excluding hydrogens is 164 g/mol. The van der Waals surface area contributed by atoms with Crippen LogP contribution >= 0.6 is 11.3 Å². The van der Waals surface area contributed by atoms with E-state index in [0.29, 0.717) is 0 Å². The molecular formula is C11H12S. The molecule has 1 aromatic heterocycles. The first-order valence-electron chi connectivity index (χ1n) is 4.20. The van der Waals surface area contributed by atoms with Crippen LogP contribution in [0.15, 0.2) is 23.8 Å². The van der Waals surface area contributed by atoms with Crippen molar-refractivity contribution in [3.63, 3.8) is 0 Å². The van der Waals surface area contributed by atoms with Crippen LogP contribution in [0.2, 0.25) is 0 Å². The third-order valence-corrected chi connectivity index (χ3v) is 3.08. The van der Waals surface area contributed by atoms with E-state index < -0.39 is 0 Å². The first kappa shape index (κ1) is 7.81. The summed E-state index contributed by atoms with van der Waals surface area (Å²) in [6.07, 6.45) is 7.80. The monoisotopic (exact) mass is 176 g/mol. The van der Waals surface area contributed by atoms with Gasteiger partial charge >= 0.3 is 0 Å².